The van der Waals surface area contributed by atoms with Gasteiger partial charge in [0.05, 0.1) is 64.6 Å². The lowest BCUT2D eigenvalue weighted by atomic mass is 9.95. The third-order valence-corrected chi connectivity index (χ3v) is 30.0. The van der Waals surface area contributed by atoms with E-state index in [9.17, 15) is 85.8 Å². The van der Waals surface area contributed by atoms with Crippen LogP contribution in [0.2, 0.25) is 0 Å². The third-order valence-electron chi connectivity index (χ3n) is 26.2. The van der Waals surface area contributed by atoms with Gasteiger partial charge < -0.3 is 39.0 Å². The Kier molecular flexibility index (Phi) is 27.6. The number of thioether (sulfide) groups is 3. The van der Waals surface area contributed by atoms with E-state index in [2.05, 4.69) is 44.5 Å². The Morgan fingerprint density at radius 1 is 0.425 bits per heavy atom. The van der Waals surface area contributed by atoms with Gasteiger partial charge in [-0.2, -0.15) is 54.5 Å². The highest BCUT2D eigenvalue weighted by Crippen LogP contribution is 2.56. The number of hydrogen-bond acceptors (Lipinski definition) is 19. The van der Waals surface area contributed by atoms with Crippen LogP contribution in [0.25, 0.3) is 66.1 Å². The number of benzene rings is 6. The van der Waals surface area contributed by atoms with Crippen molar-refractivity contribution in [1.82, 2.24) is 58.1 Å². The smallest absolute Gasteiger partial charge is 0.379 e. The van der Waals surface area contributed by atoms with Gasteiger partial charge in [-0.05, 0) is 147 Å². The number of carbonyl (C=O) groups excluding carboxylic acids is 3. The molecule has 134 heavy (non-hydrogen) atoms. The summed E-state index contributed by atoms with van der Waals surface area (Å²) in [5.41, 5.74) is -7.19. The molecule has 9 aromatic rings. The number of alkyl halides is 10. The molecule has 714 valence electrons. The van der Waals surface area contributed by atoms with Crippen LogP contribution < -0.4 is 31.8 Å². The second-order valence-electron chi connectivity index (χ2n) is 35.3. The molecule has 0 saturated carbocycles. The number of hydrogen-bond donors (Lipinski definition) is 0. The van der Waals surface area contributed by atoms with Gasteiger partial charge in [-0.1, -0.05) is 19.7 Å². The molecule has 3 aromatic heterocycles. The molecule has 6 aromatic carbocycles. The molecular formula is C93H95F16N15O7S3. The van der Waals surface area contributed by atoms with Crippen LogP contribution in [-0.4, -0.2) is 247 Å². The fourth-order valence-corrected chi connectivity index (χ4v) is 24.4. The number of amides is 3. The van der Waals surface area contributed by atoms with Gasteiger partial charge in [-0.25, -0.2) is 45.1 Å². The molecule has 0 radical (unpaired) electrons. The van der Waals surface area contributed by atoms with Crippen molar-refractivity contribution in [1.29, 1.82) is 0 Å². The van der Waals surface area contributed by atoms with Crippen molar-refractivity contribution >= 4 is 103 Å². The number of halogens is 16. The molecule has 0 N–H and O–H groups in total. The lowest BCUT2D eigenvalue weighted by Gasteiger charge is -2.45. The molecule has 0 spiro atoms. The van der Waals surface area contributed by atoms with Crippen LogP contribution in [-0.2, 0) is 37.6 Å². The number of piperazine rings is 3. The number of nitrogens with zero attached hydrogens (tertiary/aromatic N) is 15. The van der Waals surface area contributed by atoms with Crippen LogP contribution in [0.4, 0.5) is 87.7 Å². The molecular weight excluding hydrogens is 1840 g/mol. The van der Waals surface area contributed by atoms with Gasteiger partial charge in [0.15, 0.2) is 0 Å². The number of morpholine rings is 1. The molecule has 0 bridgehead atoms. The van der Waals surface area contributed by atoms with Crippen LogP contribution in [0, 0.1) is 34.9 Å². The number of rotatable bonds is 15. The summed E-state index contributed by atoms with van der Waals surface area (Å²) in [6.07, 6.45) is -9.75. The van der Waals surface area contributed by atoms with E-state index < -0.39 is 139 Å². The van der Waals surface area contributed by atoms with Crippen molar-refractivity contribution in [3.05, 3.63) is 194 Å². The highest BCUT2D eigenvalue weighted by atomic mass is 32.2. The zero-order chi connectivity index (χ0) is 96.1. The van der Waals surface area contributed by atoms with Crippen LogP contribution in [0.5, 0.6) is 0 Å². The average Bonchev–Trinajstić information content (AvgIpc) is 0.763. The number of anilines is 3. The first-order valence-electron chi connectivity index (χ1n) is 43.9. The third kappa shape index (κ3) is 18.7. The zero-order valence-electron chi connectivity index (χ0n) is 73.7. The SMILES string of the molecule is C=CC(=O)N1C[C@H](C)N(c2nc(=O)n3c4c(c(-c5ccc(F)cc5F)c(C(F)(F)F)cc24)SCC3CN2CCCC2)C[C@H]1C.C=CC(=O)N1[C@H](C)CN(c2nc(=O)n3c4c(c(-c5ccc(F)cc5F)c(C(F)(F)F)cc24)SCC3CN2CCC(F)C2)C[C@@H]1C.C=CC(=O)N1[C@H](C)CN(c2nc(=O)n3c4c(c(-c5ccc(F)cc5F)c(C(F)(F)F)cc24)SCC3CN2CCOCC2)C[C@@H]1C. The van der Waals surface area contributed by atoms with Crippen molar-refractivity contribution in [2.45, 2.75) is 155 Å². The minimum absolute atomic E-state index is 0.0276. The standard InChI is InChI=1S/C31H31F6N5O2S.C31H32F5N5O3S.C31H32F5N5O2S/c1-4-25(43)41-16(2)11-40(12-17(41)3)29-22-10-23(31(35,36)37)26(21-6-5-18(32)9-24(21)34)28-27(22)42(30(44)38-29)20(15-45-28)14-39-8-7-19(33)13-39;1-4-25(42)40-17(2)13-39(14-18(40)3)29-22-12-23(31(34,35)36)26(21-6-5-19(32)11-24(21)33)28-27(22)41(30(43)37-29)20(16-45-28)15-38-7-9-44-10-8-38;1-4-25(42)39-13-18(3)40(14-17(39)2)29-22-12-23(31(34,35)36)26(21-8-7-19(32)11-24(21)33)28-27(22)41(30(43)37-29)20(16-44-28)15-38-9-5-6-10-38/h4-6,9-10,16-17,19-20H,1,7-8,11-15H2,2-3H3;4-6,11-12,17-18,20H,1,7-10,13-16H2,2-3H3;4,7-8,11-12,17-18,20H,1,5-6,9-10,13-16H2,2-3H3/t16-,17+,19?,20?;2*17-,18+,20?/m..1/s1. The summed E-state index contributed by atoms with van der Waals surface area (Å²) in [5.74, 6) is -6.15. The van der Waals surface area contributed by atoms with Crippen LogP contribution in [0.15, 0.2) is 140 Å². The average molecular weight is 1940 g/mol. The predicted octanol–water partition coefficient (Wildman–Crippen LogP) is 16.3. The summed E-state index contributed by atoms with van der Waals surface area (Å²) in [5, 5.41) is 0.276. The highest BCUT2D eigenvalue weighted by molar-refractivity contribution is 8.00. The first-order valence-corrected chi connectivity index (χ1v) is 46.8. The van der Waals surface area contributed by atoms with E-state index in [1.54, 1.807) is 43.2 Å². The molecule has 12 heterocycles. The largest absolute Gasteiger partial charge is 0.417 e. The molecule has 22 nitrogen and oxygen atoms in total. The first-order chi connectivity index (χ1) is 63.5. The second-order valence-corrected chi connectivity index (χ2v) is 38.4. The van der Waals surface area contributed by atoms with Gasteiger partial charge >= 0.3 is 35.6 Å². The van der Waals surface area contributed by atoms with Gasteiger partial charge in [0.1, 0.15) is 58.5 Å². The molecule has 6 fully saturated rings. The monoisotopic (exact) mass is 1930 g/mol. The van der Waals surface area contributed by atoms with E-state index >= 15 is 13.2 Å². The second kappa shape index (κ2) is 38.3. The number of likely N-dealkylation sites (tertiary alicyclic amines) is 2. The molecule has 10 atom stereocenters. The molecule has 3 amide bonds. The number of carbonyl (C=O) groups is 3. The Labute approximate surface area is 771 Å². The quantitative estimate of drug-likeness (QED) is 0.0694. The van der Waals surface area contributed by atoms with Crippen LogP contribution in [0.3, 0.4) is 0 Å². The summed E-state index contributed by atoms with van der Waals surface area (Å²) in [6, 6.07) is 6.59. The summed E-state index contributed by atoms with van der Waals surface area (Å²) in [4.78, 5) is 109. The lowest BCUT2D eigenvalue weighted by molar-refractivity contribution is -0.138. The van der Waals surface area contributed by atoms with E-state index in [1.807, 2.05) is 32.6 Å². The fraction of sp³-hybridized carbons (Fsp3) is 0.452. The molecule has 4 unspecified atom stereocenters. The Hall–Kier alpha value is -10.5. The van der Waals surface area contributed by atoms with E-state index in [-0.39, 0.29) is 194 Å². The van der Waals surface area contributed by atoms with Crippen molar-refractivity contribution < 1.29 is 89.4 Å². The summed E-state index contributed by atoms with van der Waals surface area (Å²) < 4.78 is 245. The van der Waals surface area contributed by atoms with Crippen molar-refractivity contribution in [2.24, 2.45) is 0 Å². The lowest BCUT2D eigenvalue weighted by Crippen LogP contribution is -2.58. The highest BCUT2D eigenvalue weighted by Gasteiger charge is 2.48. The minimum atomic E-state index is -4.95. The summed E-state index contributed by atoms with van der Waals surface area (Å²) in [6.45, 7) is 28.7. The number of ether oxygens (including phenoxy) is 1. The maximum Gasteiger partial charge on any atom is 0.417 e. The molecule has 9 aliphatic rings. The Morgan fingerprint density at radius 2 is 0.769 bits per heavy atom. The van der Waals surface area contributed by atoms with Crippen molar-refractivity contribution in [3.63, 3.8) is 0 Å². The van der Waals surface area contributed by atoms with E-state index in [1.165, 1.54) is 31.9 Å². The van der Waals surface area contributed by atoms with E-state index in [0.717, 1.165) is 116 Å². The molecule has 9 aliphatic heterocycles. The molecule has 0 aliphatic carbocycles. The fourth-order valence-electron chi connectivity index (χ4n) is 20.4. The Morgan fingerprint density at radius 3 is 1.10 bits per heavy atom. The maximum atomic E-state index is 15.2. The van der Waals surface area contributed by atoms with Crippen molar-refractivity contribution in [2.75, 3.05) is 143 Å². The molecule has 18 rings (SSSR count). The zero-order valence-corrected chi connectivity index (χ0v) is 76.1. The van der Waals surface area contributed by atoms with Gasteiger partial charge in [0.25, 0.3) is 0 Å². The van der Waals surface area contributed by atoms with Gasteiger partial charge in [0.2, 0.25) is 17.7 Å². The normalized spacial score (nSPS) is 23.1. The van der Waals surface area contributed by atoms with Crippen LogP contribution in [0.1, 0.15) is 95.6 Å². The molecule has 6 saturated heterocycles. The van der Waals surface area contributed by atoms with Crippen molar-refractivity contribution in [3.8, 4) is 33.4 Å². The summed E-state index contributed by atoms with van der Waals surface area (Å²) in [7, 11) is 0. The van der Waals surface area contributed by atoms with Gasteiger partial charge in [-0.3, -0.25) is 37.9 Å². The van der Waals surface area contributed by atoms with E-state index in [4.69, 9.17) is 4.74 Å². The maximum absolute atomic E-state index is 15.2. The molecule has 41 heteroatoms. The minimum Gasteiger partial charge on any atom is -0.379 e. The first kappa shape index (κ1) is 96.7. The summed E-state index contributed by atoms with van der Waals surface area (Å²) >= 11 is 3.34. The van der Waals surface area contributed by atoms with Gasteiger partial charge in [0, 0.05) is 221 Å². The Bertz CT molecular complexity index is 6110. The Balaban J connectivity index is 0.000000146. The van der Waals surface area contributed by atoms with E-state index in [0.29, 0.717) is 70.6 Å². The van der Waals surface area contributed by atoms with Gasteiger partial charge in [-0.15, -0.1) is 35.3 Å². The topological polar surface area (TPSA) is 194 Å². The van der Waals surface area contributed by atoms with Crippen LogP contribution >= 0.6 is 35.3 Å². The number of aromatic nitrogens is 6. The predicted molar refractivity (Wildman–Crippen MR) is 482 cm³/mol.